The number of nitrogens with one attached hydrogen (secondary N) is 3. The van der Waals surface area contributed by atoms with Gasteiger partial charge in [0.15, 0.2) is 0 Å². The van der Waals surface area contributed by atoms with Crippen molar-refractivity contribution in [3.8, 4) is 34.3 Å². The Morgan fingerprint density at radius 2 is 1.13 bits per heavy atom. The number of benzene rings is 2. The molecule has 4 fully saturated rings. The maximum absolute atomic E-state index is 13.0. The summed E-state index contributed by atoms with van der Waals surface area (Å²) in [5, 5.41) is 4.79. The van der Waals surface area contributed by atoms with Gasteiger partial charge in [-0.2, -0.15) is 0 Å². The molecule has 10 heterocycles. The maximum atomic E-state index is 13.0. The van der Waals surface area contributed by atoms with Gasteiger partial charge in [0.25, 0.3) is 11.8 Å². The van der Waals surface area contributed by atoms with Crippen molar-refractivity contribution in [2.24, 2.45) is 0 Å². The number of rotatable bonds is 15. The van der Waals surface area contributed by atoms with Gasteiger partial charge in [0.2, 0.25) is 0 Å². The average Bonchev–Trinajstić information content (AvgIpc) is 4.38. The number of carbonyl (C=O) groups is 3. The Labute approximate surface area is 452 Å². The monoisotopic (exact) mass is 1050 g/mol. The second-order valence-electron chi connectivity index (χ2n) is 20.2. The van der Waals surface area contributed by atoms with Crippen LogP contribution in [0.25, 0.3) is 44.6 Å². The molecule has 8 aromatic rings. The van der Waals surface area contributed by atoms with Gasteiger partial charge in [-0.1, -0.05) is 12.1 Å². The number of pyridine rings is 2. The fraction of sp³-hybridized carbons (Fsp3) is 0.362. The highest BCUT2D eigenvalue weighted by Gasteiger charge is 2.24. The van der Waals surface area contributed by atoms with Gasteiger partial charge in [0, 0.05) is 144 Å². The second kappa shape index (κ2) is 23.9. The molecular weight excluding hydrogens is 989 g/mol. The van der Waals surface area contributed by atoms with Crippen LogP contribution in [0.1, 0.15) is 56.6 Å². The van der Waals surface area contributed by atoms with Crippen LogP contribution in [-0.4, -0.2) is 194 Å². The van der Waals surface area contributed by atoms with E-state index in [2.05, 4.69) is 77.3 Å². The van der Waals surface area contributed by atoms with Crippen molar-refractivity contribution in [1.29, 1.82) is 0 Å². The lowest BCUT2D eigenvalue weighted by Gasteiger charge is -2.32. The van der Waals surface area contributed by atoms with E-state index < -0.39 is 0 Å². The van der Waals surface area contributed by atoms with E-state index in [1.807, 2.05) is 70.5 Å². The van der Waals surface area contributed by atoms with E-state index in [0.717, 1.165) is 122 Å². The van der Waals surface area contributed by atoms with Gasteiger partial charge >= 0.3 is 6.03 Å². The van der Waals surface area contributed by atoms with Crippen LogP contribution in [0.4, 0.5) is 4.79 Å². The Bertz CT molecular complexity index is 3400. The summed E-state index contributed by atoms with van der Waals surface area (Å²) >= 11 is 0. The molecule has 1 atom stereocenters. The first-order valence-corrected chi connectivity index (χ1v) is 26.8. The van der Waals surface area contributed by atoms with Crippen LogP contribution in [-0.2, 0) is 17.6 Å². The molecule has 4 aliphatic rings. The lowest BCUT2D eigenvalue weighted by molar-refractivity contribution is 0.0652. The molecule has 402 valence electrons. The maximum Gasteiger partial charge on any atom is 0.317 e. The smallest absolute Gasteiger partial charge is 0.317 e. The standard InChI is InChI=1S/C29H32N8O3.C29H32N6O3/c1-35-10-12-36(13-11-35)28(38)26-18-21-16-20(2-3-23(21)33-26)17-27-31-7-5-24(34-27)25-19-22(4-6-30-25)40-15-14-37-9-8-32-29(37)39;1-34-10-12-35(13-11-34)29(36)27-17-21-15-20(4-5-24(21)32-27)16-28-31-9-7-25(33-28)26-18-22(6-8-30-26)38-19-23-3-2-14-37-23/h2-7,16,18-19,33H,8-15,17H2,1H3,(H,32,39);4-9,15,17-18,23,32H,2-3,10-14,16,19H2,1H3/t;23-/m.0/s1. The number of hydrogen-bond donors (Lipinski definition) is 3. The third kappa shape index (κ3) is 12.7. The van der Waals surface area contributed by atoms with E-state index in [9.17, 15) is 14.4 Å². The molecule has 4 amide bonds. The molecule has 0 radical (unpaired) electrons. The van der Waals surface area contributed by atoms with Crippen LogP contribution in [0.15, 0.2) is 110 Å². The minimum Gasteiger partial charge on any atom is -0.492 e. The molecule has 78 heavy (non-hydrogen) atoms. The minimum atomic E-state index is -0.0530. The first kappa shape index (κ1) is 51.8. The molecule has 0 unspecified atom stereocenters. The highest BCUT2D eigenvalue weighted by Crippen LogP contribution is 2.26. The van der Waals surface area contributed by atoms with Gasteiger partial charge in [-0.15, -0.1) is 0 Å². The van der Waals surface area contributed by atoms with Gasteiger partial charge in [-0.3, -0.25) is 19.6 Å². The second-order valence-corrected chi connectivity index (χ2v) is 20.2. The van der Waals surface area contributed by atoms with Crippen LogP contribution >= 0.6 is 0 Å². The van der Waals surface area contributed by atoms with Gasteiger partial charge in [0.1, 0.15) is 47.7 Å². The van der Waals surface area contributed by atoms with E-state index >= 15 is 0 Å². The molecular formula is C58H64N14O6. The number of ether oxygens (including phenoxy) is 3. The molecule has 6 aromatic heterocycles. The zero-order valence-corrected chi connectivity index (χ0v) is 44.1. The summed E-state index contributed by atoms with van der Waals surface area (Å²) in [6, 6.07) is 27.2. The highest BCUT2D eigenvalue weighted by atomic mass is 16.5. The zero-order valence-electron chi connectivity index (χ0n) is 44.1. The fourth-order valence-corrected chi connectivity index (χ4v) is 10.0. The number of fused-ring (bicyclic) bond motifs is 2. The summed E-state index contributed by atoms with van der Waals surface area (Å²) in [6.45, 7) is 10.2. The lowest BCUT2D eigenvalue weighted by atomic mass is 10.1. The Morgan fingerprint density at radius 1 is 0.603 bits per heavy atom. The Morgan fingerprint density at radius 3 is 1.63 bits per heavy atom. The minimum absolute atomic E-state index is 0.0436. The quantitative estimate of drug-likeness (QED) is 0.108. The summed E-state index contributed by atoms with van der Waals surface area (Å²) in [6.07, 6.45) is 10.3. The molecule has 3 N–H and O–H groups in total. The average molecular weight is 1050 g/mol. The van der Waals surface area contributed by atoms with E-state index in [4.69, 9.17) is 24.2 Å². The van der Waals surface area contributed by atoms with Crippen molar-refractivity contribution in [2.75, 3.05) is 106 Å². The largest absolute Gasteiger partial charge is 0.492 e. The first-order valence-electron chi connectivity index (χ1n) is 26.8. The number of aromatic nitrogens is 8. The summed E-state index contributed by atoms with van der Waals surface area (Å²) in [7, 11) is 4.16. The molecule has 20 heteroatoms. The number of aromatic amines is 2. The molecule has 4 aliphatic heterocycles. The molecule has 2 aromatic carbocycles. The Kier molecular flexibility index (Phi) is 15.9. The van der Waals surface area contributed by atoms with E-state index in [1.54, 1.807) is 35.8 Å². The number of hydrogen-bond acceptors (Lipinski definition) is 14. The number of piperazine rings is 2. The van der Waals surface area contributed by atoms with E-state index in [-0.39, 0.29) is 23.9 Å². The van der Waals surface area contributed by atoms with Crippen LogP contribution in [0.3, 0.4) is 0 Å². The normalized spacial score (nSPS) is 17.1. The SMILES string of the molecule is CN1CCN(C(=O)c2cc3cc(Cc4nccc(-c5cc(OCCN6CCNC6=O)ccn5)n4)ccc3[nH]2)CC1.CN1CCN(C(=O)c2cc3cc(Cc4nccc(-c5cc(OC[C@@H]6CCCO6)ccn5)n4)ccc3[nH]2)CC1. The van der Waals surface area contributed by atoms with Crippen molar-refractivity contribution in [1.82, 2.24) is 69.7 Å². The lowest BCUT2D eigenvalue weighted by Crippen LogP contribution is -2.47. The topological polar surface area (TPSA) is 216 Å². The summed E-state index contributed by atoms with van der Waals surface area (Å²) in [5.41, 5.74) is 8.15. The number of carbonyl (C=O) groups excluding carboxylic acids is 3. The Hall–Kier alpha value is -8.33. The number of likely N-dealkylation sites (N-methyl/N-ethyl adjacent to an activating group) is 2. The summed E-state index contributed by atoms with van der Waals surface area (Å²) < 4.78 is 17.5. The van der Waals surface area contributed by atoms with E-state index in [0.29, 0.717) is 85.9 Å². The molecule has 20 nitrogen and oxygen atoms in total. The van der Waals surface area contributed by atoms with Crippen molar-refractivity contribution in [3.05, 3.63) is 144 Å². The molecule has 0 spiro atoms. The van der Waals surface area contributed by atoms with Gasteiger partial charge < -0.3 is 54.0 Å². The molecule has 0 saturated carbocycles. The number of amides is 4. The third-order valence-electron chi connectivity index (χ3n) is 14.6. The van der Waals surface area contributed by atoms with E-state index in [1.165, 1.54) is 0 Å². The molecule has 0 aliphatic carbocycles. The third-order valence-corrected chi connectivity index (χ3v) is 14.6. The van der Waals surface area contributed by atoms with Crippen LogP contribution < -0.4 is 14.8 Å². The molecule has 4 saturated heterocycles. The first-order chi connectivity index (χ1) is 38.1. The summed E-state index contributed by atoms with van der Waals surface area (Å²) in [4.78, 5) is 81.8. The predicted octanol–water partition coefficient (Wildman–Crippen LogP) is 5.96. The Balaban J connectivity index is 0.000000166. The highest BCUT2D eigenvalue weighted by molar-refractivity contribution is 5.99. The van der Waals surface area contributed by atoms with Crippen molar-refractivity contribution < 1.29 is 28.6 Å². The van der Waals surface area contributed by atoms with Crippen LogP contribution in [0.5, 0.6) is 11.5 Å². The van der Waals surface area contributed by atoms with Crippen LogP contribution in [0, 0.1) is 0 Å². The molecule has 12 rings (SSSR count). The van der Waals surface area contributed by atoms with Gasteiger partial charge in [0.05, 0.1) is 35.4 Å². The van der Waals surface area contributed by atoms with Gasteiger partial charge in [-0.05, 0) is 98.7 Å². The number of nitrogens with zero attached hydrogens (tertiary/aromatic N) is 11. The van der Waals surface area contributed by atoms with Crippen molar-refractivity contribution in [3.63, 3.8) is 0 Å². The van der Waals surface area contributed by atoms with Crippen molar-refractivity contribution >= 4 is 39.7 Å². The van der Waals surface area contributed by atoms with Crippen molar-refractivity contribution in [2.45, 2.75) is 31.8 Å². The molecule has 0 bridgehead atoms. The predicted molar refractivity (Wildman–Crippen MR) is 294 cm³/mol. The van der Waals surface area contributed by atoms with Gasteiger partial charge in [-0.25, -0.2) is 24.7 Å². The summed E-state index contributed by atoms with van der Waals surface area (Å²) in [5.74, 6) is 2.91. The van der Waals surface area contributed by atoms with Crippen LogP contribution in [0.2, 0.25) is 0 Å². The number of H-pyrrole nitrogens is 2. The fourth-order valence-electron chi connectivity index (χ4n) is 10.0. The zero-order chi connectivity index (χ0) is 53.4. The number of urea groups is 1.